The van der Waals surface area contributed by atoms with E-state index in [1.807, 2.05) is 36.5 Å². The minimum absolute atomic E-state index is 0.138. The largest absolute Gasteiger partial charge is 0.489 e. The number of hydrogen-bond donors (Lipinski definition) is 1. The summed E-state index contributed by atoms with van der Waals surface area (Å²) in [6.45, 7) is 0.138. The van der Waals surface area contributed by atoms with Crippen LogP contribution in [0.15, 0.2) is 67.0 Å². The van der Waals surface area contributed by atoms with Crippen molar-refractivity contribution in [1.29, 1.82) is 0 Å². The fourth-order valence-corrected chi connectivity index (χ4v) is 3.56. The summed E-state index contributed by atoms with van der Waals surface area (Å²) in [7, 11) is 0. The van der Waals surface area contributed by atoms with E-state index < -0.39 is 5.91 Å². The zero-order chi connectivity index (χ0) is 19.7. The van der Waals surface area contributed by atoms with Crippen molar-refractivity contribution in [3.8, 4) is 16.9 Å². The second-order valence-corrected chi connectivity index (χ2v) is 7.34. The Morgan fingerprint density at radius 3 is 2.79 bits per heavy atom. The minimum Gasteiger partial charge on any atom is -0.489 e. The number of benzene rings is 2. The fourth-order valence-electron chi connectivity index (χ4n) is 2.91. The van der Waals surface area contributed by atoms with Gasteiger partial charge in [0, 0.05) is 20.9 Å². The van der Waals surface area contributed by atoms with Crippen molar-refractivity contribution >= 4 is 34.1 Å². The maximum absolute atomic E-state index is 13.8. The number of pyridine rings is 1. The number of carbonyl (C=O) groups is 1. The number of primary amides is 1. The molecule has 2 heterocycles. The molecule has 140 valence electrons. The molecule has 0 spiro atoms. The first-order valence-corrected chi connectivity index (χ1v) is 9.54. The lowest BCUT2D eigenvalue weighted by Crippen LogP contribution is -2.13. The molecule has 2 N–H and O–H groups in total. The van der Waals surface area contributed by atoms with Crippen LogP contribution in [0.2, 0.25) is 0 Å². The summed E-state index contributed by atoms with van der Waals surface area (Å²) in [4.78, 5) is 15.8. The molecule has 0 radical (unpaired) electrons. The highest BCUT2D eigenvalue weighted by Gasteiger charge is 2.12. The molecular weight excluding hydrogens is 472 g/mol. The maximum atomic E-state index is 13.8. The monoisotopic (exact) mass is 487 g/mol. The van der Waals surface area contributed by atoms with Crippen molar-refractivity contribution in [2.24, 2.45) is 5.73 Å². The lowest BCUT2D eigenvalue weighted by molar-refractivity contribution is 0.0995. The number of rotatable bonds is 5. The number of ether oxygens (including phenoxy) is 1. The molecule has 0 bridgehead atoms. The lowest BCUT2D eigenvalue weighted by atomic mass is 10.1. The van der Waals surface area contributed by atoms with Crippen LogP contribution in [0.5, 0.6) is 5.75 Å². The Morgan fingerprint density at radius 2 is 2.00 bits per heavy atom. The van der Waals surface area contributed by atoms with Crippen molar-refractivity contribution in [1.82, 2.24) is 9.38 Å². The summed E-state index contributed by atoms with van der Waals surface area (Å²) in [6, 6.07) is 15.9. The first-order chi connectivity index (χ1) is 13.5. The number of nitrogens with zero attached hydrogens (tertiary/aromatic N) is 2. The summed E-state index contributed by atoms with van der Waals surface area (Å²) in [5, 5.41) is 0. The Balaban J connectivity index is 1.67. The number of amides is 1. The van der Waals surface area contributed by atoms with Gasteiger partial charge >= 0.3 is 0 Å². The van der Waals surface area contributed by atoms with Gasteiger partial charge in [0.2, 0.25) is 0 Å². The van der Waals surface area contributed by atoms with Crippen molar-refractivity contribution in [2.75, 3.05) is 0 Å². The van der Waals surface area contributed by atoms with Crippen molar-refractivity contribution in [3.63, 3.8) is 0 Å². The molecule has 4 aromatic rings. The van der Waals surface area contributed by atoms with Crippen LogP contribution in [0.4, 0.5) is 4.39 Å². The van der Waals surface area contributed by atoms with Gasteiger partial charge in [-0.3, -0.25) is 9.20 Å². The van der Waals surface area contributed by atoms with Crippen LogP contribution >= 0.6 is 22.6 Å². The van der Waals surface area contributed by atoms with Gasteiger partial charge in [0.15, 0.2) is 0 Å². The van der Waals surface area contributed by atoms with Crippen molar-refractivity contribution in [2.45, 2.75) is 6.61 Å². The van der Waals surface area contributed by atoms with Crippen LogP contribution in [0, 0.1) is 9.39 Å². The number of nitrogens with two attached hydrogens (primary N) is 1. The number of carbonyl (C=O) groups excluding carboxylic acids is 1. The van der Waals surface area contributed by atoms with Gasteiger partial charge < -0.3 is 10.5 Å². The first kappa shape index (κ1) is 18.4. The predicted molar refractivity (Wildman–Crippen MR) is 113 cm³/mol. The normalized spacial score (nSPS) is 10.9. The van der Waals surface area contributed by atoms with Crippen molar-refractivity contribution in [3.05, 3.63) is 87.6 Å². The smallest absolute Gasteiger partial charge is 0.267 e. The molecule has 2 aromatic heterocycles. The SMILES string of the molecule is NC(=O)c1cnc2ccc(-c3cc(OCc4ccccc4F)ccc3I)cn12. The summed E-state index contributed by atoms with van der Waals surface area (Å²) in [5.41, 5.74) is 8.68. The Hall–Kier alpha value is -2.94. The third-order valence-corrected chi connectivity index (χ3v) is 5.30. The van der Waals surface area contributed by atoms with E-state index in [1.54, 1.807) is 22.6 Å². The standard InChI is InChI=1S/C21H15FIN3O2/c22-17-4-2-1-3-14(17)12-28-15-6-7-18(23)16(9-15)13-5-8-20-25-10-19(21(24)27)26(20)11-13/h1-11H,12H2,(H2,24,27). The Bertz CT molecular complexity index is 1190. The van der Waals surface area contributed by atoms with E-state index in [0.29, 0.717) is 22.7 Å². The van der Waals surface area contributed by atoms with Gasteiger partial charge in [-0.05, 0) is 64.6 Å². The number of hydrogen-bond acceptors (Lipinski definition) is 3. The molecule has 4 rings (SSSR count). The quantitative estimate of drug-likeness (QED) is 0.424. The summed E-state index contributed by atoms with van der Waals surface area (Å²) >= 11 is 2.24. The number of imidazole rings is 1. The van der Waals surface area contributed by atoms with Gasteiger partial charge in [0.1, 0.15) is 29.5 Å². The molecule has 5 nitrogen and oxygen atoms in total. The van der Waals surface area contributed by atoms with Gasteiger partial charge in [0.05, 0.1) is 6.20 Å². The molecule has 2 aromatic carbocycles. The average molecular weight is 487 g/mol. The van der Waals surface area contributed by atoms with E-state index in [9.17, 15) is 9.18 Å². The second-order valence-electron chi connectivity index (χ2n) is 6.18. The lowest BCUT2D eigenvalue weighted by Gasteiger charge is -2.11. The van der Waals surface area contributed by atoms with E-state index in [4.69, 9.17) is 10.5 Å². The third kappa shape index (κ3) is 3.57. The van der Waals surface area contributed by atoms with Gasteiger partial charge in [-0.15, -0.1) is 0 Å². The summed E-state index contributed by atoms with van der Waals surface area (Å²) < 4.78 is 22.3. The van der Waals surface area contributed by atoms with Crippen molar-refractivity contribution < 1.29 is 13.9 Å². The van der Waals surface area contributed by atoms with E-state index in [0.717, 1.165) is 14.7 Å². The fraction of sp³-hybridized carbons (Fsp3) is 0.0476. The number of aromatic nitrogens is 2. The highest BCUT2D eigenvalue weighted by Crippen LogP contribution is 2.30. The summed E-state index contributed by atoms with van der Waals surface area (Å²) in [6.07, 6.45) is 3.28. The van der Waals surface area contributed by atoms with E-state index in [-0.39, 0.29) is 12.4 Å². The van der Waals surface area contributed by atoms with Crippen LogP contribution < -0.4 is 10.5 Å². The molecule has 0 saturated carbocycles. The molecule has 0 fully saturated rings. The first-order valence-electron chi connectivity index (χ1n) is 8.46. The van der Waals surface area contributed by atoms with E-state index >= 15 is 0 Å². The number of fused-ring (bicyclic) bond motifs is 1. The zero-order valence-corrected chi connectivity index (χ0v) is 16.8. The molecule has 0 aliphatic rings. The summed E-state index contributed by atoms with van der Waals surface area (Å²) in [5.74, 6) is -0.210. The molecule has 0 saturated heterocycles. The maximum Gasteiger partial charge on any atom is 0.267 e. The van der Waals surface area contributed by atoms with Crippen LogP contribution in [0.3, 0.4) is 0 Å². The zero-order valence-electron chi connectivity index (χ0n) is 14.6. The number of halogens is 2. The molecule has 1 amide bonds. The van der Waals surface area contributed by atoms with Gasteiger partial charge in [-0.2, -0.15) is 0 Å². The molecule has 0 aliphatic carbocycles. The van der Waals surface area contributed by atoms with Crippen LogP contribution in [-0.4, -0.2) is 15.3 Å². The molecule has 28 heavy (non-hydrogen) atoms. The van der Waals surface area contributed by atoms with Crippen LogP contribution in [0.1, 0.15) is 16.1 Å². The van der Waals surface area contributed by atoms with Crippen LogP contribution in [0.25, 0.3) is 16.8 Å². The molecule has 0 atom stereocenters. The highest BCUT2D eigenvalue weighted by molar-refractivity contribution is 14.1. The third-order valence-electron chi connectivity index (χ3n) is 4.36. The Labute approximate surface area is 174 Å². The van der Waals surface area contributed by atoms with E-state index in [2.05, 4.69) is 27.6 Å². The average Bonchev–Trinajstić information content (AvgIpc) is 3.12. The Morgan fingerprint density at radius 1 is 1.18 bits per heavy atom. The van der Waals surface area contributed by atoms with Gasteiger partial charge in [0.25, 0.3) is 5.91 Å². The second kappa shape index (κ2) is 7.59. The molecule has 0 unspecified atom stereocenters. The molecule has 0 aliphatic heterocycles. The van der Waals surface area contributed by atoms with Crippen LogP contribution in [-0.2, 0) is 6.61 Å². The van der Waals surface area contributed by atoms with Gasteiger partial charge in [-0.25, -0.2) is 9.37 Å². The Kier molecular flexibility index (Phi) is 4.99. The predicted octanol–water partition coefficient (Wildman–Crippen LogP) is 4.42. The molecular formula is C21H15FIN3O2. The van der Waals surface area contributed by atoms with E-state index in [1.165, 1.54) is 12.3 Å². The minimum atomic E-state index is -0.540. The molecule has 7 heteroatoms. The highest BCUT2D eigenvalue weighted by atomic mass is 127. The topological polar surface area (TPSA) is 69.6 Å². The van der Waals surface area contributed by atoms with Gasteiger partial charge in [-0.1, -0.05) is 18.2 Å².